The van der Waals surface area contributed by atoms with Crippen molar-refractivity contribution in [3.05, 3.63) is 63.6 Å². The Balaban J connectivity index is 1.64. The van der Waals surface area contributed by atoms with Gasteiger partial charge in [0.15, 0.2) is 6.10 Å². The number of halogens is 2. The van der Waals surface area contributed by atoms with Gasteiger partial charge in [-0.3, -0.25) is 4.79 Å². The maximum Gasteiger partial charge on any atom is 0.261 e. The lowest BCUT2D eigenvalue weighted by molar-refractivity contribution is -0.128. The summed E-state index contributed by atoms with van der Waals surface area (Å²) >= 11 is 11.9. The average Bonchev–Trinajstić information content (AvgIpc) is 2.93. The number of fused-ring (bicyclic) bond motifs is 1. The van der Waals surface area contributed by atoms with Crippen molar-refractivity contribution < 1.29 is 9.53 Å². The number of ether oxygens (including phenoxy) is 1. The molecule has 0 radical (unpaired) electrons. The summed E-state index contributed by atoms with van der Waals surface area (Å²) < 4.78 is 5.66. The monoisotopic (exact) mass is 349 g/mol. The summed E-state index contributed by atoms with van der Waals surface area (Å²) in [6.07, 6.45) is 1.26. The number of rotatable bonds is 4. The Morgan fingerprint density at radius 1 is 1.26 bits per heavy atom. The van der Waals surface area contributed by atoms with Crippen molar-refractivity contribution in [3.63, 3.8) is 0 Å². The van der Waals surface area contributed by atoms with Gasteiger partial charge in [0.2, 0.25) is 0 Å². The maximum absolute atomic E-state index is 12.4. The summed E-state index contributed by atoms with van der Waals surface area (Å²) in [6.45, 7) is 1.71. The van der Waals surface area contributed by atoms with Gasteiger partial charge in [0, 0.05) is 5.02 Å². The fraction of sp³-hybridized carbons (Fsp3) is 0.278. The van der Waals surface area contributed by atoms with Gasteiger partial charge in [-0.05, 0) is 49.1 Å². The number of hydrogen-bond donors (Lipinski definition) is 1. The van der Waals surface area contributed by atoms with E-state index in [1.54, 1.807) is 25.1 Å². The molecule has 0 fully saturated rings. The number of amides is 1. The zero-order valence-electron chi connectivity index (χ0n) is 12.7. The van der Waals surface area contributed by atoms with Gasteiger partial charge in [-0.25, -0.2) is 0 Å². The lowest BCUT2D eigenvalue weighted by Crippen LogP contribution is -2.38. The van der Waals surface area contributed by atoms with Crippen molar-refractivity contribution >= 4 is 29.1 Å². The van der Waals surface area contributed by atoms with E-state index < -0.39 is 6.10 Å². The number of carbonyl (C=O) groups is 1. The molecule has 2 aromatic carbocycles. The van der Waals surface area contributed by atoms with Crippen LogP contribution in [0.3, 0.4) is 0 Å². The number of carbonyl (C=O) groups excluding carboxylic acids is 1. The minimum absolute atomic E-state index is 0.0467. The second kappa shape index (κ2) is 6.81. The third-order valence-electron chi connectivity index (χ3n) is 4.02. The molecular weight excluding hydrogens is 333 g/mol. The van der Waals surface area contributed by atoms with Crippen LogP contribution in [0, 0.1) is 0 Å². The smallest absolute Gasteiger partial charge is 0.261 e. The molecule has 0 unspecified atom stereocenters. The standard InChI is InChI=1S/C18H17Cl2NO2/c1-11(23-17-9-7-13(19)10-15(17)20)18(22)21-16-8-6-12-4-2-3-5-14(12)16/h2-5,7,9-11,16H,6,8H2,1H3,(H,21,22)/t11-,16-/m1/s1. The second-order valence-electron chi connectivity index (χ2n) is 5.63. The molecular formula is C18H17Cl2NO2. The molecule has 3 nitrogen and oxygen atoms in total. The molecule has 1 amide bonds. The van der Waals surface area contributed by atoms with E-state index in [9.17, 15) is 4.79 Å². The fourth-order valence-electron chi connectivity index (χ4n) is 2.81. The van der Waals surface area contributed by atoms with E-state index in [2.05, 4.69) is 17.4 Å². The Morgan fingerprint density at radius 2 is 2.04 bits per heavy atom. The summed E-state index contributed by atoms with van der Waals surface area (Å²) in [5, 5.41) is 3.97. The highest BCUT2D eigenvalue weighted by Gasteiger charge is 2.26. The predicted molar refractivity (Wildman–Crippen MR) is 92.2 cm³/mol. The quantitative estimate of drug-likeness (QED) is 0.878. The first-order valence-corrected chi connectivity index (χ1v) is 8.30. The molecule has 0 heterocycles. The van der Waals surface area contributed by atoms with Crippen LogP contribution in [0.15, 0.2) is 42.5 Å². The normalized spacial score (nSPS) is 17.4. The molecule has 0 aliphatic heterocycles. The predicted octanol–water partition coefficient (Wildman–Crippen LogP) is 4.56. The van der Waals surface area contributed by atoms with Crippen LogP contribution in [0.5, 0.6) is 5.75 Å². The van der Waals surface area contributed by atoms with Crippen molar-refractivity contribution in [1.29, 1.82) is 0 Å². The van der Waals surface area contributed by atoms with E-state index in [0.29, 0.717) is 15.8 Å². The third-order valence-corrected chi connectivity index (χ3v) is 4.55. The highest BCUT2D eigenvalue weighted by atomic mass is 35.5. The molecule has 0 aromatic heterocycles. The van der Waals surface area contributed by atoms with E-state index >= 15 is 0 Å². The van der Waals surface area contributed by atoms with Crippen molar-refractivity contribution in [3.8, 4) is 5.75 Å². The van der Waals surface area contributed by atoms with Gasteiger partial charge in [-0.15, -0.1) is 0 Å². The Bertz CT molecular complexity index is 733. The van der Waals surface area contributed by atoms with Gasteiger partial charge < -0.3 is 10.1 Å². The van der Waals surface area contributed by atoms with Gasteiger partial charge in [0.1, 0.15) is 5.75 Å². The van der Waals surface area contributed by atoms with Crippen LogP contribution >= 0.6 is 23.2 Å². The first kappa shape index (κ1) is 16.2. The maximum atomic E-state index is 12.4. The molecule has 0 spiro atoms. The van der Waals surface area contributed by atoms with Gasteiger partial charge in [-0.1, -0.05) is 47.5 Å². The fourth-order valence-corrected chi connectivity index (χ4v) is 3.26. The van der Waals surface area contributed by atoms with Crippen LogP contribution in [-0.4, -0.2) is 12.0 Å². The zero-order valence-corrected chi connectivity index (χ0v) is 14.2. The molecule has 23 heavy (non-hydrogen) atoms. The van der Waals surface area contributed by atoms with Crippen LogP contribution < -0.4 is 10.1 Å². The van der Waals surface area contributed by atoms with E-state index in [1.165, 1.54) is 11.1 Å². The van der Waals surface area contributed by atoms with Gasteiger partial charge in [0.05, 0.1) is 11.1 Å². The first-order valence-electron chi connectivity index (χ1n) is 7.54. The number of benzene rings is 2. The van der Waals surface area contributed by atoms with E-state index in [0.717, 1.165) is 12.8 Å². The number of hydrogen-bond acceptors (Lipinski definition) is 2. The van der Waals surface area contributed by atoms with Crippen LogP contribution in [0.2, 0.25) is 10.0 Å². The average molecular weight is 350 g/mol. The van der Waals surface area contributed by atoms with Gasteiger partial charge >= 0.3 is 0 Å². The summed E-state index contributed by atoms with van der Waals surface area (Å²) in [4.78, 5) is 12.4. The topological polar surface area (TPSA) is 38.3 Å². The van der Waals surface area contributed by atoms with Crippen molar-refractivity contribution in [2.24, 2.45) is 0 Å². The molecule has 2 aromatic rings. The second-order valence-corrected chi connectivity index (χ2v) is 6.48. The van der Waals surface area contributed by atoms with Crippen LogP contribution in [0.4, 0.5) is 0 Å². The van der Waals surface area contributed by atoms with Crippen LogP contribution in [0.25, 0.3) is 0 Å². The minimum atomic E-state index is -0.638. The molecule has 3 rings (SSSR count). The lowest BCUT2D eigenvalue weighted by Gasteiger charge is -2.19. The molecule has 5 heteroatoms. The zero-order chi connectivity index (χ0) is 16.4. The molecule has 0 bridgehead atoms. The third kappa shape index (κ3) is 3.62. The highest BCUT2D eigenvalue weighted by molar-refractivity contribution is 6.35. The molecule has 2 atom stereocenters. The Labute approximate surface area is 145 Å². The van der Waals surface area contributed by atoms with Crippen molar-refractivity contribution in [2.75, 3.05) is 0 Å². The molecule has 120 valence electrons. The molecule has 0 saturated heterocycles. The van der Waals surface area contributed by atoms with Crippen LogP contribution in [0.1, 0.15) is 30.5 Å². The van der Waals surface area contributed by atoms with Crippen molar-refractivity contribution in [2.45, 2.75) is 31.9 Å². The van der Waals surface area contributed by atoms with Crippen LogP contribution in [-0.2, 0) is 11.2 Å². The lowest BCUT2D eigenvalue weighted by atomic mass is 10.1. The Morgan fingerprint density at radius 3 is 2.83 bits per heavy atom. The van der Waals surface area contributed by atoms with E-state index in [4.69, 9.17) is 27.9 Å². The van der Waals surface area contributed by atoms with Gasteiger partial charge in [0.25, 0.3) is 5.91 Å². The molecule has 1 aliphatic rings. The summed E-state index contributed by atoms with van der Waals surface area (Å²) in [5.41, 5.74) is 2.49. The summed E-state index contributed by atoms with van der Waals surface area (Å²) in [5.74, 6) is 0.295. The van der Waals surface area contributed by atoms with E-state index in [-0.39, 0.29) is 11.9 Å². The number of aryl methyl sites for hydroxylation is 1. The summed E-state index contributed by atoms with van der Waals surface area (Å²) in [6, 6.07) is 13.2. The van der Waals surface area contributed by atoms with E-state index in [1.807, 2.05) is 12.1 Å². The van der Waals surface area contributed by atoms with Crippen molar-refractivity contribution in [1.82, 2.24) is 5.32 Å². The molecule has 1 aliphatic carbocycles. The summed E-state index contributed by atoms with van der Waals surface area (Å²) in [7, 11) is 0. The Kier molecular flexibility index (Phi) is 4.79. The Hall–Kier alpha value is -1.71. The first-order chi connectivity index (χ1) is 11.0. The molecule has 0 saturated carbocycles. The largest absolute Gasteiger partial charge is 0.479 e. The van der Waals surface area contributed by atoms with Gasteiger partial charge in [-0.2, -0.15) is 0 Å². The highest BCUT2D eigenvalue weighted by Crippen LogP contribution is 2.31. The number of nitrogens with one attached hydrogen (secondary N) is 1. The SMILES string of the molecule is C[C@@H](Oc1ccc(Cl)cc1Cl)C(=O)N[C@@H]1CCc2ccccc21. The molecule has 1 N–H and O–H groups in total. The minimum Gasteiger partial charge on any atom is -0.479 e.